The lowest BCUT2D eigenvalue weighted by molar-refractivity contribution is 0.285. The number of para-hydroxylation sites is 1. The minimum absolute atomic E-state index is 0.252. The summed E-state index contributed by atoms with van der Waals surface area (Å²) >= 11 is 0. The Morgan fingerprint density at radius 2 is 2.16 bits per heavy atom. The van der Waals surface area contributed by atoms with E-state index in [1.54, 1.807) is 0 Å². The maximum Gasteiger partial charge on any atom is 0.134 e. The van der Waals surface area contributed by atoms with Crippen LogP contribution in [0, 0.1) is 5.92 Å². The second kappa shape index (κ2) is 5.01. The van der Waals surface area contributed by atoms with E-state index in [0.29, 0.717) is 0 Å². The van der Waals surface area contributed by atoms with Crippen LogP contribution in [0.1, 0.15) is 38.9 Å². The van der Waals surface area contributed by atoms with Crippen molar-refractivity contribution in [2.75, 3.05) is 6.54 Å². The average Bonchev–Trinajstić information content (AvgIpc) is 2.94. The van der Waals surface area contributed by atoms with Crippen molar-refractivity contribution in [2.45, 2.75) is 45.1 Å². The third-order valence-corrected chi connectivity index (χ3v) is 4.12. The van der Waals surface area contributed by atoms with Crippen molar-refractivity contribution in [3.8, 4) is 0 Å². The zero-order chi connectivity index (χ0) is 13.3. The van der Waals surface area contributed by atoms with Gasteiger partial charge in [-0.1, -0.05) is 32.0 Å². The Balaban J connectivity index is 1.85. The number of hydrogen-bond donors (Lipinski definition) is 1. The van der Waals surface area contributed by atoms with Gasteiger partial charge in [-0.2, -0.15) is 0 Å². The van der Waals surface area contributed by atoms with Crippen molar-refractivity contribution in [1.82, 2.24) is 5.32 Å². The number of fused-ring (bicyclic) bond motifs is 1. The van der Waals surface area contributed by atoms with Gasteiger partial charge in [-0.3, -0.25) is 0 Å². The van der Waals surface area contributed by atoms with Crippen LogP contribution in [0.2, 0.25) is 0 Å². The van der Waals surface area contributed by atoms with Crippen LogP contribution in [-0.4, -0.2) is 12.1 Å². The lowest BCUT2D eigenvalue weighted by Gasteiger charge is -2.30. The van der Waals surface area contributed by atoms with Crippen molar-refractivity contribution >= 4 is 11.0 Å². The summed E-state index contributed by atoms with van der Waals surface area (Å²) in [5.41, 5.74) is 1.26. The average molecular weight is 257 g/mol. The molecule has 0 bridgehead atoms. The Labute approximate surface area is 115 Å². The van der Waals surface area contributed by atoms with Gasteiger partial charge >= 0.3 is 0 Å². The Morgan fingerprint density at radius 1 is 1.32 bits per heavy atom. The molecule has 1 fully saturated rings. The number of rotatable bonds is 4. The molecule has 0 saturated carbocycles. The summed E-state index contributed by atoms with van der Waals surface area (Å²) in [5, 5.41) is 4.95. The lowest BCUT2D eigenvalue weighted by Crippen LogP contribution is -2.43. The molecule has 3 rings (SSSR count). The van der Waals surface area contributed by atoms with Gasteiger partial charge in [0.25, 0.3) is 0 Å². The summed E-state index contributed by atoms with van der Waals surface area (Å²) in [5.74, 6) is 1.84. The van der Waals surface area contributed by atoms with Gasteiger partial charge in [0.1, 0.15) is 11.3 Å². The fourth-order valence-corrected chi connectivity index (χ4v) is 3.50. The fraction of sp³-hybridized carbons (Fsp3) is 0.529. The molecule has 1 atom stereocenters. The highest BCUT2D eigenvalue weighted by Crippen LogP contribution is 2.32. The molecule has 1 saturated heterocycles. The molecule has 1 unspecified atom stereocenters. The quantitative estimate of drug-likeness (QED) is 0.890. The van der Waals surface area contributed by atoms with Crippen LogP contribution < -0.4 is 5.32 Å². The monoisotopic (exact) mass is 257 g/mol. The van der Waals surface area contributed by atoms with Crippen LogP contribution in [0.4, 0.5) is 0 Å². The van der Waals surface area contributed by atoms with Gasteiger partial charge in [0, 0.05) is 17.3 Å². The number of furan rings is 1. The molecule has 19 heavy (non-hydrogen) atoms. The third-order valence-electron chi connectivity index (χ3n) is 4.12. The molecule has 0 amide bonds. The minimum atomic E-state index is 0.252. The lowest BCUT2D eigenvalue weighted by atomic mass is 9.84. The molecule has 1 aliphatic rings. The summed E-state index contributed by atoms with van der Waals surface area (Å²) in [6.45, 7) is 5.76. The van der Waals surface area contributed by atoms with E-state index in [-0.39, 0.29) is 5.54 Å². The summed E-state index contributed by atoms with van der Waals surface area (Å²) in [6, 6.07) is 10.5. The molecule has 0 aliphatic carbocycles. The molecule has 0 radical (unpaired) electrons. The van der Waals surface area contributed by atoms with Crippen LogP contribution in [0.25, 0.3) is 11.0 Å². The molecule has 1 aliphatic heterocycles. The predicted molar refractivity (Wildman–Crippen MR) is 79.3 cm³/mol. The third kappa shape index (κ3) is 2.69. The highest BCUT2D eigenvalue weighted by Gasteiger charge is 2.35. The summed E-state index contributed by atoms with van der Waals surface area (Å²) in [7, 11) is 0. The molecule has 2 heterocycles. The zero-order valence-electron chi connectivity index (χ0n) is 11.9. The zero-order valence-corrected chi connectivity index (χ0v) is 11.9. The Hall–Kier alpha value is -1.28. The molecular weight excluding hydrogens is 234 g/mol. The van der Waals surface area contributed by atoms with Crippen molar-refractivity contribution < 1.29 is 4.42 Å². The van der Waals surface area contributed by atoms with Gasteiger partial charge in [0.05, 0.1) is 0 Å². The SMILES string of the molecule is CC(C)CC1(Cc2cc3ccccc3o2)CCCN1. The van der Waals surface area contributed by atoms with E-state index in [2.05, 4.69) is 43.4 Å². The Morgan fingerprint density at radius 3 is 2.84 bits per heavy atom. The van der Waals surface area contributed by atoms with E-state index in [1.807, 2.05) is 6.07 Å². The first-order valence-electron chi connectivity index (χ1n) is 7.39. The first kappa shape index (κ1) is 12.7. The normalized spacial score (nSPS) is 23.5. The van der Waals surface area contributed by atoms with E-state index in [0.717, 1.165) is 30.2 Å². The molecule has 1 aromatic heterocycles. The van der Waals surface area contributed by atoms with Gasteiger partial charge in [-0.05, 0) is 43.9 Å². The molecule has 2 nitrogen and oxygen atoms in total. The minimum Gasteiger partial charge on any atom is -0.461 e. The second-order valence-corrected chi connectivity index (χ2v) is 6.34. The highest BCUT2D eigenvalue weighted by atomic mass is 16.3. The van der Waals surface area contributed by atoms with Gasteiger partial charge in [-0.25, -0.2) is 0 Å². The maximum absolute atomic E-state index is 6.00. The van der Waals surface area contributed by atoms with E-state index in [9.17, 15) is 0 Å². The first-order valence-corrected chi connectivity index (χ1v) is 7.39. The summed E-state index contributed by atoms with van der Waals surface area (Å²) in [6.07, 6.45) is 4.79. The molecule has 102 valence electrons. The van der Waals surface area contributed by atoms with Crippen LogP contribution in [-0.2, 0) is 6.42 Å². The van der Waals surface area contributed by atoms with E-state index in [4.69, 9.17) is 4.42 Å². The molecular formula is C17H23NO. The van der Waals surface area contributed by atoms with Gasteiger partial charge in [-0.15, -0.1) is 0 Å². The van der Waals surface area contributed by atoms with E-state index < -0.39 is 0 Å². The van der Waals surface area contributed by atoms with Crippen LogP contribution in [0.3, 0.4) is 0 Å². The maximum atomic E-state index is 6.00. The van der Waals surface area contributed by atoms with Gasteiger partial charge in [0.15, 0.2) is 0 Å². The van der Waals surface area contributed by atoms with Crippen molar-refractivity contribution in [3.63, 3.8) is 0 Å². The van der Waals surface area contributed by atoms with E-state index in [1.165, 1.54) is 24.6 Å². The molecule has 1 aromatic carbocycles. The van der Waals surface area contributed by atoms with Crippen LogP contribution in [0.15, 0.2) is 34.7 Å². The van der Waals surface area contributed by atoms with Crippen LogP contribution in [0.5, 0.6) is 0 Å². The fourth-order valence-electron chi connectivity index (χ4n) is 3.50. The Kier molecular flexibility index (Phi) is 3.36. The van der Waals surface area contributed by atoms with Crippen molar-refractivity contribution in [2.24, 2.45) is 5.92 Å². The molecule has 2 aromatic rings. The smallest absolute Gasteiger partial charge is 0.134 e. The summed E-state index contributed by atoms with van der Waals surface area (Å²) in [4.78, 5) is 0. The van der Waals surface area contributed by atoms with Crippen LogP contribution >= 0.6 is 0 Å². The van der Waals surface area contributed by atoms with Crippen molar-refractivity contribution in [1.29, 1.82) is 0 Å². The Bertz CT molecular complexity index is 516. The molecule has 0 spiro atoms. The first-order chi connectivity index (χ1) is 9.17. The van der Waals surface area contributed by atoms with E-state index >= 15 is 0 Å². The summed E-state index contributed by atoms with van der Waals surface area (Å²) < 4.78 is 6.00. The standard InChI is InChI=1S/C17H23NO/c1-13(2)11-17(8-5-9-18-17)12-15-10-14-6-3-4-7-16(14)19-15/h3-4,6-7,10,13,18H,5,8-9,11-12H2,1-2H3. The van der Waals surface area contributed by atoms with Crippen molar-refractivity contribution in [3.05, 3.63) is 36.1 Å². The number of benzene rings is 1. The second-order valence-electron chi connectivity index (χ2n) is 6.34. The molecule has 1 N–H and O–H groups in total. The largest absolute Gasteiger partial charge is 0.461 e. The molecule has 2 heteroatoms. The number of nitrogens with one attached hydrogen (secondary N) is 1. The van der Waals surface area contributed by atoms with Gasteiger partial charge < -0.3 is 9.73 Å². The van der Waals surface area contributed by atoms with Gasteiger partial charge in [0.2, 0.25) is 0 Å². The number of hydrogen-bond acceptors (Lipinski definition) is 2. The topological polar surface area (TPSA) is 25.2 Å². The highest BCUT2D eigenvalue weighted by molar-refractivity contribution is 5.77. The predicted octanol–water partition coefficient (Wildman–Crippen LogP) is 4.14.